The maximum absolute atomic E-state index is 12.6. The maximum atomic E-state index is 12.6. The molecule has 1 aromatic heterocycles. The molecule has 154 valence electrons. The smallest absolute Gasteiger partial charge is 0.244 e. The lowest BCUT2D eigenvalue weighted by Crippen LogP contribution is -2.39. The fourth-order valence-corrected chi connectivity index (χ4v) is 3.54. The number of nitrogens with zero attached hydrogens (tertiary/aromatic N) is 4. The van der Waals surface area contributed by atoms with Gasteiger partial charge in [0.15, 0.2) is 5.82 Å². The van der Waals surface area contributed by atoms with Crippen LogP contribution in [0.1, 0.15) is 38.2 Å². The van der Waals surface area contributed by atoms with E-state index in [0.717, 1.165) is 44.3 Å². The van der Waals surface area contributed by atoms with Crippen LogP contribution in [0.25, 0.3) is 11.3 Å². The topological polar surface area (TPSA) is 111 Å². The van der Waals surface area contributed by atoms with Crippen LogP contribution in [-0.4, -0.2) is 45.8 Å². The van der Waals surface area contributed by atoms with Crippen LogP contribution < -0.4 is 10.6 Å². The molecule has 2 aromatic rings. The lowest BCUT2D eigenvalue weighted by atomic mass is 10.1. The second kappa shape index (κ2) is 8.49. The molecule has 1 unspecified atom stereocenters. The number of nitriles is 1. The fraction of sp³-hybridized carbons (Fsp3) is 0.409. The first-order valence-corrected chi connectivity index (χ1v) is 10.3. The molecule has 1 saturated heterocycles. The molecule has 2 heterocycles. The van der Waals surface area contributed by atoms with Gasteiger partial charge in [-0.25, -0.2) is 4.98 Å². The number of amides is 2. The van der Waals surface area contributed by atoms with E-state index in [0.29, 0.717) is 22.8 Å². The fourth-order valence-electron chi connectivity index (χ4n) is 3.54. The van der Waals surface area contributed by atoms with Crippen molar-refractivity contribution < 1.29 is 9.59 Å². The van der Waals surface area contributed by atoms with Gasteiger partial charge in [-0.3, -0.25) is 14.6 Å². The standard InChI is InChI=1S/C22H24N6O2/c1-14(22(30)28-8-2-3-9-28)26-18-10-16(6-7-17(18)11-23)19-12-25-20(13-24-19)27-21(29)15-4-5-15/h6-7,10,12-15,26H,2-5,8-9H2,1H3,(H,25,27,29). The van der Waals surface area contributed by atoms with Crippen LogP contribution in [0.3, 0.4) is 0 Å². The first-order valence-electron chi connectivity index (χ1n) is 10.3. The van der Waals surface area contributed by atoms with Gasteiger partial charge in [0, 0.05) is 24.6 Å². The van der Waals surface area contributed by atoms with E-state index in [1.807, 2.05) is 11.8 Å². The van der Waals surface area contributed by atoms with E-state index >= 15 is 0 Å². The molecule has 0 spiro atoms. The number of likely N-dealkylation sites (tertiary alicyclic amines) is 1. The SMILES string of the molecule is CC(Nc1cc(-c2cnc(NC(=O)C3CC3)cn2)ccc1C#N)C(=O)N1CCCC1. The Balaban J connectivity index is 1.49. The van der Waals surface area contributed by atoms with Crippen LogP contribution in [-0.2, 0) is 9.59 Å². The summed E-state index contributed by atoms with van der Waals surface area (Å²) < 4.78 is 0. The largest absolute Gasteiger partial charge is 0.373 e. The van der Waals surface area contributed by atoms with E-state index in [1.54, 1.807) is 24.4 Å². The molecular formula is C22H24N6O2. The van der Waals surface area contributed by atoms with Crippen molar-refractivity contribution in [3.8, 4) is 17.3 Å². The summed E-state index contributed by atoms with van der Waals surface area (Å²) in [6.45, 7) is 3.38. The first kappa shape index (κ1) is 19.8. The molecule has 30 heavy (non-hydrogen) atoms. The lowest BCUT2D eigenvalue weighted by molar-refractivity contribution is -0.130. The summed E-state index contributed by atoms with van der Waals surface area (Å²) in [4.78, 5) is 35.0. The van der Waals surface area contributed by atoms with Gasteiger partial charge in [0.1, 0.15) is 12.1 Å². The van der Waals surface area contributed by atoms with Gasteiger partial charge in [-0.1, -0.05) is 6.07 Å². The molecule has 0 radical (unpaired) electrons. The van der Waals surface area contributed by atoms with E-state index in [4.69, 9.17) is 0 Å². The Bertz CT molecular complexity index is 988. The summed E-state index contributed by atoms with van der Waals surface area (Å²) in [5.74, 6) is 0.548. The Morgan fingerprint density at radius 2 is 1.97 bits per heavy atom. The van der Waals surface area contributed by atoms with Crippen molar-refractivity contribution in [2.45, 2.75) is 38.6 Å². The Hall–Kier alpha value is -3.47. The maximum Gasteiger partial charge on any atom is 0.244 e. The molecule has 0 bridgehead atoms. The predicted molar refractivity (Wildman–Crippen MR) is 112 cm³/mol. The van der Waals surface area contributed by atoms with E-state index in [9.17, 15) is 14.9 Å². The normalized spacial score (nSPS) is 16.6. The lowest BCUT2D eigenvalue weighted by Gasteiger charge is -2.22. The monoisotopic (exact) mass is 404 g/mol. The summed E-state index contributed by atoms with van der Waals surface area (Å²) in [7, 11) is 0. The molecule has 4 rings (SSSR count). The van der Waals surface area contributed by atoms with Crippen LogP contribution in [0.2, 0.25) is 0 Å². The number of carbonyl (C=O) groups is 2. The van der Waals surface area contributed by atoms with Crippen molar-refractivity contribution in [1.29, 1.82) is 5.26 Å². The van der Waals surface area contributed by atoms with E-state index in [-0.39, 0.29) is 17.7 Å². The molecule has 1 aromatic carbocycles. The Morgan fingerprint density at radius 1 is 1.20 bits per heavy atom. The third-order valence-electron chi connectivity index (χ3n) is 5.45. The number of hydrogen-bond acceptors (Lipinski definition) is 6. The van der Waals surface area contributed by atoms with Crippen molar-refractivity contribution in [3.63, 3.8) is 0 Å². The van der Waals surface area contributed by atoms with E-state index in [1.165, 1.54) is 6.20 Å². The number of hydrogen-bond donors (Lipinski definition) is 2. The summed E-state index contributed by atoms with van der Waals surface area (Å²) in [5, 5.41) is 15.4. The van der Waals surface area contributed by atoms with Crippen molar-refractivity contribution in [2.75, 3.05) is 23.7 Å². The van der Waals surface area contributed by atoms with Gasteiger partial charge in [-0.2, -0.15) is 5.26 Å². The van der Waals surface area contributed by atoms with Gasteiger partial charge in [0.25, 0.3) is 0 Å². The highest BCUT2D eigenvalue weighted by molar-refractivity contribution is 5.93. The van der Waals surface area contributed by atoms with Gasteiger partial charge < -0.3 is 15.5 Å². The molecule has 2 aliphatic rings. The zero-order chi connectivity index (χ0) is 21.1. The van der Waals surface area contributed by atoms with Crippen molar-refractivity contribution in [3.05, 3.63) is 36.2 Å². The van der Waals surface area contributed by atoms with Crippen LogP contribution >= 0.6 is 0 Å². The zero-order valence-corrected chi connectivity index (χ0v) is 16.9. The number of carbonyl (C=O) groups excluding carboxylic acids is 2. The number of rotatable bonds is 6. The minimum atomic E-state index is -0.434. The highest BCUT2D eigenvalue weighted by Gasteiger charge is 2.29. The van der Waals surface area contributed by atoms with Crippen LogP contribution in [0.15, 0.2) is 30.6 Å². The van der Waals surface area contributed by atoms with E-state index < -0.39 is 6.04 Å². The molecule has 2 fully saturated rings. The molecular weight excluding hydrogens is 380 g/mol. The van der Waals surface area contributed by atoms with Crippen LogP contribution in [0, 0.1) is 17.2 Å². The number of anilines is 2. The van der Waals surface area contributed by atoms with Crippen molar-refractivity contribution >= 4 is 23.3 Å². The third-order valence-corrected chi connectivity index (χ3v) is 5.45. The molecule has 2 amide bonds. The first-order chi connectivity index (χ1) is 14.5. The summed E-state index contributed by atoms with van der Waals surface area (Å²) in [6, 6.07) is 7.03. The number of nitrogens with one attached hydrogen (secondary N) is 2. The van der Waals surface area contributed by atoms with Gasteiger partial charge in [0.2, 0.25) is 11.8 Å². The second-order valence-corrected chi connectivity index (χ2v) is 7.82. The predicted octanol–water partition coefficient (Wildman–Crippen LogP) is 2.79. The number of benzene rings is 1. The highest BCUT2D eigenvalue weighted by Crippen LogP contribution is 2.30. The van der Waals surface area contributed by atoms with Gasteiger partial charge in [-0.15, -0.1) is 0 Å². The molecule has 1 aliphatic heterocycles. The van der Waals surface area contributed by atoms with Crippen LogP contribution in [0.4, 0.5) is 11.5 Å². The zero-order valence-electron chi connectivity index (χ0n) is 16.9. The average molecular weight is 404 g/mol. The summed E-state index contributed by atoms with van der Waals surface area (Å²) in [5.41, 5.74) is 2.43. The molecule has 1 saturated carbocycles. The molecule has 1 aliphatic carbocycles. The minimum Gasteiger partial charge on any atom is -0.373 e. The summed E-state index contributed by atoms with van der Waals surface area (Å²) >= 11 is 0. The van der Waals surface area contributed by atoms with Gasteiger partial charge in [-0.05, 0) is 44.7 Å². The number of aromatic nitrogens is 2. The molecule has 2 N–H and O–H groups in total. The highest BCUT2D eigenvalue weighted by atomic mass is 16.2. The molecule has 8 heteroatoms. The van der Waals surface area contributed by atoms with Crippen molar-refractivity contribution in [2.24, 2.45) is 5.92 Å². The van der Waals surface area contributed by atoms with Crippen molar-refractivity contribution in [1.82, 2.24) is 14.9 Å². The molecule has 8 nitrogen and oxygen atoms in total. The Labute approximate surface area is 175 Å². The molecule has 1 atom stereocenters. The Kier molecular flexibility index (Phi) is 5.61. The Morgan fingerprint density at radius 3 is 2.60 bits per heavy atom. The van der Waals surface area contributed by atoms with Crippen LogP contribution in [0.5, 0.6) is 0 Å². The quantitative estimate of drug-likeness (QED) is 0.766. The average Bonchev–Trinajstić information content (AvgIpc) is 3.48. The summed E-state index contributed by atoms with van der Waals surface area (Å²) in [6.07, 6.45) is 7.04. The minimum absolute atomic E-state index is 0.0152. The third kappa shape index (κ3) is 4.40. The van der Waals surface area contributed by atoms with E-state index in [2.05, 4.69) is 26.7 Å². The van der Waals surface area contributed by atoms with Gasteiger partial charge >= 0.3 is 0 Å². The second-order valence-electron chi connectivity index (χ2n) is 7.82. The van der Waals surface area contributed by atoms with Gasteiger partial charge in [0.05, 0.1) is 29.3 Å².